The molecular formula is C20H34O3. The Morgan fingerprint density at radius 1 is 1.09 bits per heavy atom. The number of hydrogen-bond donors (Lipinski definition) is 3. The van der Waals surface area contributed by atoms with E-state index in [1.807, 2.05) is 19.1 Å². The zero-order valence-corrected chi connectivity index (χ0v) is 15.3. The molecule has 1 aliphatic rings. The highest BCUT2D eigenvalue weighted by atomic mass is 16.3. The molecule has 1 aliphatic carbocycles. The van der Waals surface area contributed by atoms with Crippen molar-refractivity contribution in [3.63, 3.8) is 0 Å². The van der Waals surface area contributed by atoms with Crippen LogP contribution in [0, 0.1) is 11.8 Å². The Balaban J connectivity index is 3.05. The first kappa shape index (κ1) is 20.1. The van der Waals surface area contributed by atoms with Gasteiger partial charge in [0.15, 0.2) is 0 Å². The van der Waals surface area contributed by atoms with E-state index in [1.165, 1.54) is 5.57 Å². The van der Waals surface area contributed by atoms with Gasteiger partial charge in [0.05, 0.1) is 17.8 Å². The van der Waals surface area contributed by atoms with Crippen molar-refractivity contribution >= 4 is 0 Å². The zero-order chi connectivity index (χ0) is 17.6. The third-order valence-electron chi connectivity index (χ3n) is 4.54. The largest absolute Gasteiger partial charge is 0.389 e. The van der Waals surface area contributed by atoms with E-state index in [2.05, 4.69) is 26.8 Å². The molecule has 1 rings (SSSR count). The average molecular weight is 322 g/mol. The molecule has 132 valence electrons. The van der Waals surface area contributed by atoms with Gasteiger partial charge in [-0.2, -0.15) is 0 Å². The molecule has 4 atom stereocenters. The molecule has 0 fully saturated rings. The Hall–Kier alpha value is -0.900. The van der Waals surface area contributed by atoms with Crippen molar-refractivity contribution in [2.75, 3.05) is 0 Å². The standard InChI is InChI=1S/C20H34O3/c1-14(2)17-7-6-15(3)10-18(21)11-16(4)12-19(22)13-20(5,23)9-8-17/h8-10,12,14,17-19,21-23H,6-7,11,13H2,1-5H3/b9-8+,15-10-,16-12+/t17-,18+,19+,20+/m1/s1. The lowest BCUT2D eigenvalue weighted by Gasteiger charge is -2.24. The highest BCUT2D eigenvalue weighted by Crippen LogP contribution is 2.25. The highest BCUT2D eigenvalue weighted by molar-refractivity contribution is 5.12. The van der Waals surface area contributed by atoms with Gasteiger partial charge in [-0.05, 0) is 51.9 Å². The van der Waals surface area contributed by atoms with Crippen LogP contribution in [0.3, 0.4) is 0 Å². The van der Waals surface area contributed by atoms with Gasteiger partial charge in [0, 0.05) is 6.42 Å². The van der Waals surface area contributed by atoms with Gasteiger partial charge >= 0.3 is 0 Å². The molecule has 0 aromatic carbocycles. The molecule has 0 saturated heterocycles. The number of allylic oxidation sites excluding steroid dienone is 2. The summed E-state index contributed by atoms with van der Waals surface area (Å²) in [6.45, 7) is 10.1. The molecule has 0 unspecified atom stereocenters. The first-order chi connectivity index (χ1) is 10.6. The molecule has 23 heavy (non-hydrogen) atoms. The first-order valence-corrected chi connectivity index (χ1v) is 8.71. The number of aliphatic hydroxyl groups excluding tert-OH is 2. The Kier molecular flexibility index (Phi) is 7.72. The van der Waals surface area contributed by atoms with Crippen LogP contribution < -0.4 is 0 Å². The normalized spacial score (nSPS) is 40.7. The van der Waals surface area contributed by atoms with Crippen LogP contribution in [0.25, 0.3) is 0 Å². The average Bonchev–Trinajstić information content (AvgIpc) is 2.35. The lowest BCUT2D eigenvalue weighted by atomic mass is 9.86. The fourth-order valence-corrected chi connectivity index (χ4v) is 3.12. The summed E-state index contributed by atoms with van der Waals surface area (Å²) in [7, 11) is 0. The minimum absolute atomic E-state index is 0.261. The van der Waals surface area contributed by atoms with Gasteiger partial charge in [-0.25, -0.2) is 0 Å². The molecule has 0 aliphatic heterocycles. The quantitative estimate of drug-likeness (QED) is 0.644. The molecular weight excluding hydrogens is 288 g/mol. The van der Waals surface area contributed by atoms with Gasteiger partial charge in [0.2, 0.25) is 0 Å². The number of aliphatic hydroxyl groups is 3. The van der Waals surface area contributed by atoms with Crippen molar-refractivity contribution in [1.29, 1.82) is 0 Å². The second-order valence-electron chi connectivity index (χ2n) is 7.73. The summed E-state index contributed by atoms with van der Waals surface area (Å²) in [6, 6.07) is 0. The summed E-state index contributed by atoms with van der Waals surface area (Å²) in [6.07, 6.45) is 9.06. The minimum atomic E-state index is -1.03. The zero-order valence-electron chi connectivity index (χ0n) is 15.3. The van der Waals surface area contributed by atoms with E-state index in [9.17, 15) is 15.3 Å². The van der Waals surface area contributed by atoms with Crippen LogP contribution in [0.4, 0.5) is 0 Å². The van der Waals surface area contributed by atoms with Crippen LogP contribution in [-0.2, 0) is 0 Å². The minimum Gasteiger partial charge on any atom is -0.389 e. The van der Waals surface area contributed by atoms with E-state index >= 15 is 0 Å². The molecule has 0 spiro atoms. The third kappa shape index (κ3) is 7.96. The fourth-order valence-electron chi connectivity index (χ4n) is 3.12. The summed E-state index contributed by atoms with van der Waals surface area (Å²) in [4.78, 5) is 0. The van der Waals surface area contributed by atoms with Gasteiger partial charge in [0.25, 0.3) is 0 Å². The van der Waals surface area contributed by atoms with Crippen LogP contribution >= 0.6 is 0 Å². The number of hydrogen-bond acceptors (Lipinski definition) is 3. The van der Waals surface area contributed by atoms with Crippen molar-refractivity contribution in [2.24, 2.45) is 11.8 Å². The van der Waals surface area contributed by atoms with Crippen molar-refractivity contribution in [3.05, 3.63) is 35.5 Å². The summed E-state index contributed by atoms with van der Waals surface area (Å²) in [5, 5.41) is 30.8. The molecule has 0 aromatic heterocycles. The fraction of sp³-hybridized carbons (Fsp3) is 0.700. The van der Waals surface area contributed by atoms with Crippen LogP contribution in [0.15, 0.2) is 35.5 Å². The van der Waals surface area contributed by atoms with Crippen LogP contribution in [0.2, 0.25) is 0 Å². The van der Waals surface area contributed by atoms with E-state index in [4.69, 9.17) is 0 Å². The summed E-state index contributed by atoms with van der Waals surface area (Å²) in [5.41, 5.74) is 1.09. The van der Waals surface area contributed by atoms with E-state index in [1.54, 1.807) is 13.0 Å². The van der Waals surface area contributed by atoms with Crippen LogP contribution in [0.1, 0.15) is 60.3 Å². The lowest BCUT2D eigenvalue weighted by Crippen LogP contribution is -2.27. The van der Waals surface area contributed by atoms with E-state index in [0.29, 0.717) is 18.3 Å². The van der Waals surface area contributed by atoms with E-state index in [-0.39, 0.29) is 6.42 Å². The maximum atomic E-state index is 10.5. The van der Waals surface area contributed by atoms with Crippen molar-refractivity contribution in [1.82, 2.24) is 0 Å². The third-order valence-corrected chi connectivity index (χ3v) is 4.54. The molecule has 0 amide bonds. The second-order valence-corrected chi connectivity index (χ2v) is 7.73. The predicted octanol–water partition coefficient (Wildman–Crippen LogP) is 3.75. The molecule has 3 heteroatoms. The number of rotatable bonds is 1. The van der Waals surface area contributed by atoms with E-state index in [0.717, 1.165) is 18.4 Å². The Morgan fingerprint density at radius 2 is 1.70 bits per heavy atom. The van der Waals surface area contributed by atoms with Crippen molar-refractivity contribution in [3.8, 4) is 0 Å². The van der Waals surface area contributed by atoms with Crippen LogP contribution in [0.5, 0.6) is 0 Å². The van der Waals surface area contributed by atoms with Crippen LogP contribution in [-0.4, -0.2) is 33.1 Å². The summed E-state index contributed by atoms with van der Waals surface area (Å²) < 4.78 is 0. The predicted molar refractivity (Wildman–Crippen MR) is 96.1 cm³/mol. The van der Waals surface area contributed by atoms with Gasteiger partial charge < -0.3 is 15.3 Å². The first-order valence-electron chi connectivity index (χ1n) is 8.71. The Bertz CT molecular complexity index is 458. The smallest absolute Gasteiger partial charge is 0.0827 e. The summed E-state index contributed by atoms with van der Waals surface area (Å²) >= 11 is 0. The monoisotopic (exact) mass is 322 g/mol. The van der Waals surface area contributed by atoms with Gasteiger partial charge in [-0.1, -0.05) is 49.3 Å². The highest BCUT2D eigenvalue weighted by Gasteiger charge is 2.22. The SMILES string of the molecule is C/C1=C/[C@H](O)C/C(C)=C/[C@H](O)C[C@@](C)(O)/C=C/[C@H](C(C)C)CC1. The molecule has 0 saturated carbocycles. The second kappa shape index (κ2) is 8.81. The molecule has 3 nitrogen and oxygen atoms in total. The van der Waals surface area contributed by atoms with Crippen molar-refractivity contribution in [2.45, 2.75) is 78.1 Å². The molecule has 0 radical (unpaired) electrons. The maximum Gasteiger partial charge on any atom is 0.0827 e. The van der Waals surface area contributed by atoms with E-state index < -0.39 is 17.8 Å². The Labute approximate surface area is 141 Å². The molecule has 0 aromatic rings. The molecule has 3 N–H and O–H groups in total. The molecule has 0 bridgehead atoms. The van der Waals surface area contributed by atoms with Gasteiger partial charge in [-0.3, -0.25) is 0 Å². The van der Waals surface area contributed by atoms with Gasteiger partial charge in [0.1, 0.15) is 0 Å². The van der Waals surface area contributed by atoms with Gasteiger partial charge in [-0.15, -0.1) is 0 Å². The lowest BCUT2D eigenvalue weighted by molar-refractivity contribution is 0.0564. The Morgan fingerprint density at radius 3 is 2.30 bits per heavy atom. The topological polar surface area (TPSA) is 60.7 Å². The molecule has 0 heterocycles. The summed E-state index contributed by atoms with van der Waals surface area (Å²) in [5.74, 6) is 0.860. The maximum absolute atomic E-state index is 10.5. The van der Waals surface area contributed by atoms with Crippen molar-refractivity contribution < 1.29 is 15.3 Å².